The van der Waals surface area contributed by atoms with Gasteiger partial charge in [-0.3, -0.25) is 9.88 Å². The summed E-state index contributed by atoms with van der Waals surface area (Å²) in [7, 11) is 0. The molecule has 1 heterocycles. The summed E-state index contributed by atoms with van der Waals surface area (Å²) in [6.07, 6.45) is -2.75. The third kappa shape index (κ3) is 5.99. The van der Waals surface area contributed by atoms with E-state index in [2.05, 4.69) is 20.9 Å². The highest BCUT2D eigenvalue weighted by molar-refractivity contribution is 9.10. The molecule has 1 aromatic rings. The molecule has 0 saturated heterocycles. The van der Waals surface area contributed by atoms with Gasteiger partial charge in [-0.1, -0.05) is 0 Å². The molecule has 0 unspecified atom stereocenters. The highest BCUT2D eigenvalue weighted by Gasteiger charge is 2.30. The van der Waals surface area contributed by atoms with Gasteiger partial charge in [0.05, 0.1) is 18.8 Å². The molecule has 17 heavy (non-hydrogen) atoms. The van der Waals surface area contributed by atoms with Crippen molar-refractivity contribution in [1.29, 1.82) is 0 Å². The van der Waals surface area contributed by atoms with Gasteiger partial charge in [0, 0.05) is 23.8 Å². The Balaban J connectivity index is 2.63. The zero-order chi connectivity index (χ0) is 12.9. The summed E-state index contributed by atoms with van der Waals surface area (Å²) in [6.45, 7) is -1.33. The number of nitrogens with zero attached hydrogens (tertiary/aromatic N) is 2. The van der Waals surface area contributed by atoms with Crippen LogP contribution >= 0.6 is 15.9 Å². The molecule has 0 radical (unpaired) electrons. The van der Waals surface area contributed by atoms with E-state index in [0.29, 0.717) is 5.69 Å². The minimum absolute atomic E-state index is 0.0305. The van der Waals surface area contributed by atoms with Crippen LogP contribution in [-0.2, 0) is 6.54 Å². The lowest BCUT2D eigenvalue weighted by Gasteiger charge is -2.22. The third-order valence-electron chi connectivity index (χ3n) is 1.99. The van der Waals surface area contributed by atoms with Crippen molar-refractivity contribution in [2.24, 2.45) is 0 Å². The molecule has 96 valence electrons. The van der Waals surface area contributed by atoms with Gasteiger partial charge in [-0.05, 0) is 28.1 Å². The Morgan fingerprint density at radius 3 is 2.53 bits per heavy atom. The zero-order valence-corrected chi connectivity index (χ0v) is 10.5. The van der Waals surface area contributed by atoms with Crippen LogP contribution in [0.1, 0.15) is 5.69 Å². The van der Waals surface area contributed by atoms with Gasteiger partial charge in [0.25, 0.3) is 0 Å². The molecule has 7 heteroatoms. The topological polar surface area (TPSA) is 36.4 Å². The van der Waals surface area contributed by atoms with Crippen molar-refractivity contribution < 1.29 is 18.3 Å². The van der Waals surface area contributed by atoms with Crippen molar-refractivity contribution in [2.45, 2.75) is 12.7 Å². The van der Waals surface area contributed by atoms with Gasteiger partial charge in [-0.2, -0.15) is 13.2 Å². The van der Waals surface area contributed by atoms with Crippen molar-refractivity contribution in [2.75, 3.05) is 19.7 Å². The monoisotopic (exact) mass is 312 g/mol. The van der Waals surface area contributed by atoms with E-state index in [1.165, 1.54) is 6.20 Å². The first-order valence-corrected chi connectivity index (χ1v) is 5.70. The minimum atomic E-state index is -4.27. The Morgan fingerprint density at radius 2 is 2.06 bits per heavy atom. The van der Waals surface area contributed by atoms with Crippen LogP contribution in [-0.4, -0.2) is 40.9 Å². The number of pyridine rings is 1. The van der Waals surface area contributed by atoms with Crippen LogP contribution in [0.2, 0.25) is 0 Å². The molecular formula is C10H12BrF3N2O. The van der Waals surface area contributed by atoms with Crippen LogP contribution < -0.4 is 0 Å². The van der Waals surface area contributed by atoms with Gasteiger partial charge in [0.1, 0.15) is 0 Å². The molecule has 1 N–H and O–H groups in total. The van der Waals surface area contributed by atoms with E-state index >= 15 is 0 Å². The fraction of sp³-hybridized carbons (Fsp3) is 0.500. The van der Waals surface area contributed by atoms with Crippen molar-refractivity contribution >= 4 is 15.9 Å². The Morgan fingerprint density at radius 1 is 1.35 bits per heavy atom. The number of aliphatic hydroxyl groups is 1. The molecule has 0 aliphatic carbocycles. The summed E-state index contributed by atoms with van der Waals surface area (Å²) in [4.78, 5) is 5.10. The fourth-order valence-corrected chi connectivity index (χ4v) is 1.57. The lowest BCUT2D eigenvalue weighted by Crippen LogP contribution is -2.35. The average Bonchev–Trinajstić information content (AvgIpc) is 2.19. The van der Waals surface area contributed by atoms with Crippen LogP contribution in [0.5, 0.6) is 0 Å². The standard InChI is InChI=1S/C10H12BrF3N2O/c11-8-1-2-9(15-5-8)6-16(3-4-17)7-10(12,13)14/h1-2,5,17H,3-4,6-7H2. The number of alkyl halides is 3. The number of rotatable bonds is 5. The predicted molar refractivity (Wildman–Crippen MR) is 60.4 cm³/mol. The van der Waals surface area contributed by atoms with Crippen LogP contribution in [0.3, 0.4) is 0 Å². The van der Waals surface area contributed by atoms with E-state index < -0.39 is 12.7 Å². The fourth-order valence-electron chi connectivity index (χ4n) is 1.34. The quantitative estimate of drug-likeness (QED) is 0.905. The van der Waals surface area contributed by atoms with E-state index in [1.807, 2.05) is 0 Å². The van der Waals surface area contributed by atoms with Crippen LogP contribution in [0, 0.1) is 0 Å². The average molecular weight is 313 g/mol. The lowest BCUT2D eigenvalue weighted by molar-refractivity contribution is -0.148. The maximum Gasteiger partial charge on any atom is 0.401 e. The molecule has 0 spiro atoms. The first-order chi connectivity index (χ1) is 7.90. The molecule has 1 rings (SSSR count). The Labute approximate surface area is 105 Å². The molecule has 0 fully saturated rings. The molecular weight excluding hydrogens is 301 g/mol. The van der Waals surface area contributed by atoms with E-state index in [1.54, 1.807) is 12.1 Å². The van der Waals surface area contributed by atoms with Gasteiger partial charge >= 0.3 is 6.18 Å². The molecule has 0 bridgehead atoms. The van der Waals surface area contributed by atoms with Crippen LogP contribution in [0.15, 0.2) is 22.8 Å². The summed E-state index contributed by atoms with van der Waals surface area (Å²) in [6, 6.07) is 3.36. The maximum absolute atomic E-state index is 12.2. The SMILES string of the molecule is OCCN(Cc1ccc(Br)cn1)CC(F)(F)F. The van der Waals surface area contributed by atoms with Gasteiger partial charge in [-0.15, -0.1) is 0 Å². The van der Waals surface area contributed by atoms with E-state index in [-0.39, 0.29) is 19.7 Å². The number of halogens is 4. The highest BCUT2D eigenvalue weighted by Crippen LogP contribution is 2.17. The largest absolute Gasteiger partial charge is 0.401 e. The van der Waals surface area contributed by atoms with Crippen molar-refractivity contribution in [3.05, 3.63) is 28.5 Å². The van der Waals surface area contributed by atoms with Gasteiger partial charge < -0.3 is 5.11 Å². The summed E-state index contributed by atoms with van der Waals surface area (Å²) in [5.41, 5.74) is 0.533. The second-order valence-corrected chi connectivity index (χ2v) is 4.43. The molecule has 0 amide bonds. The highest BCUT2D eigenvalue weighted by atomic mass is 79.9. The van der Waals surface area contributed by atoms with Gasteiger partial charge in [0.15, 0.2) is 0 Å². The maximum atomic E-state index is 12.2. The third-order valence-corrected chi connectivity index (χ3v) is 2.46. The molecule has 3 nitrogen and oxygen atoms in total. The smallest absolute Gasteiger partial charge is 0.395 e. The van der Waals surface area contributed by atoms with E-state index in [9.17, 15) is 13.2 Å². The summed E-state index contributed by atoms with van der Waals surface area (Å²) in [5, 5.41) is 8.72. The molecule has 0 aliphatic rings. The van der Waals surface area contributed by atoms with Crippen molar-refractivity contribution in [3.8, 4) is 0 Å². The van der Waals surface area contributed by atoms with Gasteiger partial charge in [0.2, 0.25) is 0 Å². The number of aliphatic hydroxyl groups excluding tert-OH is 1. The summed E-state index contributed by atoms with van der Waals surface area (Å²) in [5.74, 6) is 0. The zero-order valence-electron chi connectivity index (χ0n) is 8.91. The lowest BCUT2D eigenvalue weighted by atomic mass is 10.3. The molecule has 0 saturated carbocycles. The second kappa shape index (κ2) is 6.32. The Bertz CT molecular complexity index is 342. The summed E-state index contributed by atoms with van der Waals surface area (Å²) < 4.78 is 37.5. The molecule has 0 aliphatic heterocycles. The van der Waals surface area contributed by atoms with Crippen LogP contribution in [0.25, 0.3) is 0 Å². The number of aromatic nitrogens is 1. The predicted octanol–water partition coefficient (Wildman–Crippen LogP) is 2.20. The molecule has 0 atom stereocenters. The first kappa shape index (κ1) is 14.4. The first-order valence-electron chi connectivity index (χ1n) is 4.91. The van der Waals surface area contributed by atoms with E-state index in [0.717, 1.165) is 9.37 Å². The number of hydrogen-bond donors (Lipinski definition) is 1. The Hall–Kier alpha value is -0.660. The van der Waals surface area contributed by atoms with Crippen molar-refractivity contribution in [1.82, 2.24) is 9.88 Å². The minimum Gasteiger partial charge on any atom is -0.395 e. The normalized spacial score (nSPS) is 12.1. The van der Waals surface area contributed by atoms with Crippen LogP contribution in [0.4, 0.5) is 13.2 Å². The van der Waals surface area contributed by atoms with E-state index in [4.69, 9.17) is 5.11 Å². The molecule has 0 aromatic carbocycles. The van der Waals surface area contributed by atoms with Crippen molar-refractivity contribution in [3.63, 3.8) is 0 Å². The molecule has 1 aromatic heterocycles. The van der Waals surface area contributed by atoms with Gasteiger partial charge in [-0.25, -0.2) is 0 Å². The Kier molecular flexibility index (Phi) is 5.35. The second-order valence-electron chi connectivity index (χ2n) is 3.52. The number of hydrogen-bond acceptors (Lipinski definition) is 3. The summed E-state index contributed by atoms with van der Waals surface area (Å²) >= 11 is 3.20.